The number of esters is 1. The lowest BCUT2D eigenvalue weighted by atomic mass is 9.76. The number of nitrogens with one attached hydrogen (secondary N) is 1. The fraction of sp³-hybridized carbons (Fsp3) is 0.318. The van der Waals surface area contributed by atoms with Gasteiger partial charge in [-0.05, 0) is 18.2 Å². The minimum atomic E-state index is -1.18. The first-order valence-electron chi connectivity index (χ1n) is 9.71. The van der Waals surface area contributed by atoms with Gasteiger partial charge in [0.1, 0.15) is 17.2 Å². The quantitative estimate of drug-likeness (QED) is 0.729. The molecule has 0 aromatic heterocycles. The van der Waals surface area contributed by atoms with E-state index in [0.29, 0.717) is 22.9 Å². The standard InChI is InChI=1S/C22H20F2N2O4S/c1-13(27)30-19-9-15-11-31-21(25-20(28)14-5-3-2-4-6-14)26-22(15,12-29-19)17-8-7-16(23)10-18(17)24/h2-8,10,15,19H,9,11-12H2,1H3,(H,25,26,28)/t15?,19?,22-/m0/s1. The van der Waals surface area contributed by atoms with Gasteiger partial charge < -0.3 is 14.8 Å². The zero-order valence-electron chi connectivity index (χ0n) is 16.6. The van der Waals surface area contributed by atoms with Crippen molar-refractivity contribution in [3.63, 3.8) is 0 Å². The van der Waals surface area contributed by atoms with Crippen LogP contribution in [0.4, 0.5) is 8.78 Å². The van der Waals surface area contributed by atoms with E-state index < -0.39 is 29.4 Å². The third-order valence-electron chi connectivity index (χ3n) is 5.32. The molecule has 2 heterocycles. The van der Waals surface area contributed by atoms with E-state index in [4.69, 9.17) is 14.5 Å². The van der Waals surface area contributed by atoms with Gasteiger partial charge in [0.2, 0.25) is 6.29 Å². The first kappa shape index (κ1) is 21.5. The second-order valence-corrected chi connectivity index (χ2v) is 8.39. The van der Waals surface area contributed by atoms with E-state index in [1.165, 1.54) is 30.8 Å². The van der Waals surface area contributed by atoms with E-state index in [1.807, 2.05) is 0 Å². The number of amidine groups is 1. The van der Waals surface area contributed by atoms with Crippen LogP contribution in [0.3, 0.4) is 0 Å². The van der Waals surface area contributed by atoms with Crippen LogP contribution in [0, 0.1) is 17.6 Å². The zero-order valence-corrected chi connectivity index (χ0v) is 17.5. The van der Waals surface area contributed by atoms with Gasteiger partial charge in [-0.2, -0.15) is 0 Å². The third-order valence-corrected chi connectivity index (χ3v) is 6.35. The molecule has 3 atom stereocenters. The summed E-state index contributed by atoms with van der Waals surface area (Å²) in [5.74, 6) is -2.04. The molecule has 1 N–H and O–H groups in total. The maximum Gasteiger partial charge on any atom is 0.304 e. The molecule has 9 heteroatoms. The second-order valence-electron chi connectivity index (χ2n) is 7.38. The number of fused-ring (bicyclic) bond motifs is 1. The number of hydrogen-bond donors (Lipinski definition) is 1. The van der Waals surface area contributed by atoms with Crippen molar-refractivity contribution in [1.29, 1.82) is 0 Å². The number of nitrogens with zero attached hydrogens (tertiary/aromatic N) is 1. The van der Waals surface area contributed by atoms with E-state index >= 15 is 0 Å². The van der Waals surface area contributed by atoms with Crippen molar-refractivity contribution in [2.75, 3.05) is 12.4 Å². The predicted molar refractivity (Wildman–Crippen MR) is 111 cm³/mol. The van der Waals surface area contributed by atoms with E-state index in [-0.39, 0.29) is 24.0 Å². The molecule has 2 aromatic rings. The van der Waals surface area contributed by atoms with Crippen LogP contribution in [0.1, 0.15) is 29.3 Å². The Morgan fingerprint density at radius 3 is 2.71 bits per heavy atom. The Balaban J connectivity index is 1.68. The summed E-state index contributed by atoms with van der Waals surface area (Å²) < 4.78 is 39.3. The molecule has 0 saturated carbocycles. The molecule has 6 nitrogen and oxygen atoms in total. The van der Waals surface area contributed by atoms with Crippen molar-refractivity contribution in [2.24, 2.45) is 10.9 Å². The van der Waals surface area contributed by atoms with Gasteiger partial charge in [-0.25, -0.2) is 13.8 Å². The first-order valence-corrected chi connectivity index (χ1v) is 10.7. The molecule has 0 spiro atoms. The van der Waals surface area contributed by atoms with Crippen molar-refractivity contribution in [1.82, 2.24) is 5.32 Å². The van der Waals surface area contributed by atoms with Crippen LogP contribution >= 0.6 is 11.8 Å². The van der Waals surface area contributed by atoms with Gasteiger partial charge in [-0.1, -0.05) is 36.0 Å². The Morgan fingerprint density at radius 2 is 2.00 bits per heavy atom. The molecule has 0 radical (unpaired) electrons. The molecule has 4 rings (SSSR count). The number of aliphatic imine (C=N–C) groups is 1. The average molecular weight is 446 g/mol. The SMILES string of the molecule is CC(=O)OC1CC2CSC(NC(=O)c3ccccc3)=N[C@@]2(c2ccc(F)cc2F)CO1. The van der Waals surface area contributed by atoms with Crippen molar-refractivity contribution in [3.05, 3.63) is 71.3 Å². The summed E-state index contributed by atoms with van der Waals surface area (Å²) in [7, 11) is 0. The van der Waals surface area contributed by atoms with Crippen LogP contribution in [0.5, 0.6) is 0 Å². The highest BCUT2D eigenvalue weighted by molar-refractivity contribution is 8.13. The maximum atomic E-state index is 14.8. The first-order chi connectivity index (χ1) is 14.9. The predicted octanol–water partition coefficient (Wildman–Crippen LogP) is 3.62. The molecule has 2 aliphatic rings. The van der Waals surface area contributed by atoms with Crippen LogP contribution < -0.4 is 5.32 Å². The fourth-order valence-electron chi connectivity index (χ4n) is 3.84. The third kappa shape index (κ3) is 4.47. The largest absolute Gasteiger partial charge is 0.436 e. The number of hydrogen-bond acceptors (Lipinski definition) is 6. The smallest absolute Gasteiger partial charge is 0.304 e. The van der Waals surface area contributed by atoms with Crippen molar-refractivity contribution < 1.29 is 27.8 Å². The van der Waals surface area contributed by atoms with E-state index in [9.17, 15) is 18.4 Å². The van der Waals surface area contributed by atoms with Gasteiger partial charge >= 0.3 is 5.97 Å². The van der Waals surface area contributed by atoms with Crippen molar-refractivity contribution in [3.8, 4) is 0 Å². The zero-order chi connectivity index (χ0) is 22.0. The second kappa shape index (κ2) is 8.76. The molecule has 0 aliphatic carbocycles. The highest BCUT2D eigenvalue weighted by Gasteiger charge is 2.50. The number of rotatable bonds is 3. The van der Waals surface area contributed by atoms with Gasteiger partial charge in [-0.3, -0.25) is 9.59 Å². The van der Waals surface area contributed by atoms with E-state index in [1.54, 1.807) is 30.3 Å². The number of carbonyl (C=O) groups excluding carboxylic acids is 2. The summed E-state index contributed by atoms with van der Waals surface area (Å²) in [5.41, 5.74) is -0.546. The Morgan fingerprint density at radius 1 is 1.23 bits per heavy atom. The minimum absolute atomic E-state index is 0.0799. The lowest BCUT2D eigenvalue weighted by Crippen LogP contribution is -2.52. The Kier molecular flexibility index (Phi) is 6.06. The van der Waals surface area contributed by atoms with Gasteiger partial charge in [0, 0.05) is 42.2 Å². The van der Waals surface area contributed by atoms with Crippen LogP contribution in [-0.2, 0) is 19.8 Å². The number of benzene rings is 2. The number of carbonyl (C=O) groups is 2. The van der Waals surface area contributed by atoms with Gasteiger partial charge in [0.05, 0.1) is 6.61 Å². The molecular formula is C22H20F2N2O4S. The monoisotopic (exact) mass is 446 g/mol. The molecule has 31 heavy (non-hydrogen) atoms. The Labute approximate surface area is 182 Å². The number of halogens is 2. The number of amides is 1. The van der Waals surface area contributed by atoms with Crippen molar-refractivity contribution >= 4 is 28.8 Å². The lowest BCUT2D eigenvalue weighted by Gasteiger charge is -2.46. The summed E-state index contributed by atoms with van der Waals surface area (Å²) in [5, 5.41) is 3.10. The van der Waals surface area contributed by atoms with Gasteiger partial charge in [-0.15, -0.1) is 0 Å². The molecule has 2 aliphatic heterocycles. The summed E-state index contributed by atoms with van der Waals surface area (Å²) in [6.07, 6.45) is -0.470. The van der Waals surface area contributed by atoms with Crippen LogP contribution in [0.2, 0.25) is 0 Å². The molecule has 1 amide bonds. The topological polar surface area (TPSA) is 77.0 Å². The number of thioether (sulfide) groups is 1. The van der Waals surface area contributed by atoms with E-state index in [0.717, 1.165) is 6.07 Å². The average Bonchev–Trinajstić information content (AvgIpc) is 2.74. The summed E-state index contributed by atoms with van der Waals surface area (Å²) in [6.45, 7) is 1.21. The van der Waals surface area contributed by atoms with Gasteiger partial charge in [0.15, 0.2) is 5.17 Å². The Bertz CT molecular complexity index is 1030. The molecule has 1 saturated heterocycles. The normalized spacial score (nSPS) is 25.2. The van der Waals surface area contributed by atoms with Gasteiger partial charge in [0.25, 0.3) is 5.91 Å². The van der Waals surface area contributed by atoms with E-state index in [2.05, 4.69) is 5.32 Å². The van der Waals surface area contributed by atoms with Crippen molar-refractivity contribution in [2.45, 2.75) is 25.2 Å². The highest BCUT2D eigenvalue weighted by Crippen LogP contribution is 2.47. The molecule has 1 fully saturated rings. The molecule has 162 valence electrons. The molecule has 2 aromatic carbocycles. The molecule has 0 bridgehead atoms. The highest BCUT2D eigenvalue weighted by atomic mass is 32.2. The summed E-state index contributed by atoms with van der Waals surface area (Å²) >= 11 is 1.32. The minimum Gasteiger partial charge on any atom is -0.436 e. The molecule has 2 unspecified atom stereocenters. The maximum absolute atomic E-state index is 14.8. The summed E-state index contributed by atoms with van der Waals surface area (Å²) in [6, 6.07) is 12.0. The molecular weight excluding hydrogens is 426 g/mol. The van der Waals surface area contributed by atoms with Crippen LogP contribution in [-0.4, -0.2) is 35.7 Å². The van der Waals surface area contributed by atoms with Crippen LogP contribution in [0.15, 0.2) is 53.5 Å². The van der Waals surface area contributed by atoms with Crippen LogP contribution in [0.25, 0.3) is 0 Å². The lowest BCUT2D eigenvalue weighted by molar-refractivity contribution is -0.201. The Hall–Kier alpha value is -2.78. The summed E-state index contributed by atoms with van der Waals surface area (Å²) in [4.78, 5) is 28.6. The number of ether oxygens (including phenoxy) is 2. The fourth-order valence-corrected chi connectivity index (χ4v) is 5.01.